The molecule has 184 valence electrons. The number of esters is 1. The van der Waals surface area contributed by atoms with E-state index < -0.39 is 30.1 Å². The maximum atomic E-state index is 13.5. The fraction of sp³-hybridized carbons (Fsp3) is 0.423. The first-order valence-corrected chi connectivity index (χ1v) is 11.5. The molecule has 0 aliphatic heterocycles. The lowest BCUT2D eigenvalue weighted by Gasteiger charge is -2.29. The average molecular weight is 470 g/mol. The monoisotopic (exact) mass is 469 g/mol. The zero-order valence-electron chi connectivity index (χ0n) is 20.0. The second-order valence-electron chi connectivity index (χ2n) is 8.09. The van der Waals surface area contributed by atoms with E-state index >= 15 is 0 Å². The van der Waals surface area contributed by atoms with Crippen molar-refractivity contribution in [1.29, 1.82) is 0 Å². The summed E-state index contributed by atoms with van der Waals surface area (Å²) in [5.41, 5.74) is 7.60. The van der Waals surface area contributed by atoms with E-state index in [2.05, 4.69) is 15.4 Å². The lowest BCUT2D eigenvalue weighted by atomic mass is 9.84. The number of benzene rings is 2. The van der Waals surface area contributed by atoms with Gasteiger partial charge in [-0.15, -0.1) is 0 Å². The van der Waals surface area contributed by atoms with Crippen LogP contribution < -0.4 is 16.4 Å². The van der Waals surface area contributed by atoms with Crippen molar-refractivity contribution in [3.8, 4) is 0 Å². The molecule has 4 N–H and O–H groups in total. The molecule has 0 radical (unpaired) electrons. The summed E-state index contributed by atoms with van der Waals surface area (Å²) in [6.45, 7) is 1.97. The Labute approximate surface area is 201 Å². The molecule has 0 saturated carbocycles. The van der Waals surface area contributed by atoms with Gasteiger partial charge in [-0.25, -0.2) is 4.79 Å². The van der Waals surface area contributed by atoms with E-state index in [4.69, 9.17) is 10.5 Å². The molecule has 1 unspecified atom stereocenters. The van der Waals surface area contributed by atoms with Crippen LogP contribution in [0.5, 0.6) is 0 Å². The van der Waals surface area contributed by atoms with Gasteiger partial charge >= 0.3 is 12.1 Å². The molecule has 0 aromatic heterocycles. The predicted molar refractivity (Wildman–Crippen MR) is 130 cm³/mol. The zero-order valence-corrected chi connectivity index (χ0v) is 20.0. The molecule has 0 spiro atoms. The Morgan fingerprint density at radius 1 is 0.853 bits per heavy atom. The average Bonchev–Trinajstić information content (AvgIpc) is 2.88. The number of carbonyl (C=O) groups is 3. The third-order valence-corrected chi connectivity index (χ3v) is 5.80. The second kappa shape index (κ2) is 14.0. The van der Waals surface area contributed by atoms with Crippen molar-refractivity contribution in [3.63, 3.8) is 0 Å². The summed E-state index contributed by atoms with van der Waals surface area (Å²) >= 11 is 0. The highest BCUT2D eigenvalue weighted by molar-refractivity contribution is 5.87. The molecule has 0 fully saturated rings. The van der Waals surface area contributed by atoms with Gasteiger partial charge in [-0.2, -0.15) is 0 Å². The van der Waals surface area contributed by atoms with Gasteiger partial charge in [-0.1, -0.05) is 67.6 Å². The number of nitrogens with one attached hydrogen (secondary N) is 2. The Kier molecular flexibility index (Phi) is 11.1. The van der Waals surface area contributed by atoms with Gasteiger partial charge in [0, 0.05) is 12.0 Å². The summed E-state index contributed by atoms with van der Waals surface area (Å²) in [5, 5.41) is 5.80. The van der Waals surface area contributed by atoms with Crippen LogP contribution in [0.25, 0.3) is 0 Å². The van der Waals surface area contributed by atoms with Gasteiger partial charge in [-0.05, 0) is 36.8 Å². The van der Waals surface area contributed by atoms with Crippen LogP contribution >= 0.6 is 0 Å². The van der Waals surface area contributed by atoms with Gasteiger partial charge in [0.25, 0.3) is 0 Å². The highest BCUT2D eigenvalue weighted by Gasteiger charge is 2.33. The van der Waals surface area contributed by atoms with Crippen molar-refractivity contribution in [2.45, 2.75) is 56.7 Å². The Morgan fingerprint density at radius 3 is 1.88 bits per heavy atom. The Bertz CT molecular complexity index is 868. The van der Waals surface area contributed by atoms with E-state index in [-0.39, 0.29) is 11.9 Å². The molecule has 0 bridgehead atoms. The number of rotatable bonds is 12. The van der Waals surface area contributed by atoms with Crippen LogP contribution in [0.15, 0.2) is 60.7 Å². The number of carbonyl (C=O) groups excluding carboxylic acids is 3. The first-order valence-electron chi connectivity index (χ1n) is 11.5. The fourth-order valence-corrected chi connectivity index (χ4v) is 3.91. The topological polar surface area (TPSA) is 120 Å². The quantitative estimate of drug-likeness (QED) is 0.411. The Morgan fingerprint density at radius 2 is 1.41 bits per heavy atom. The molecule has 8 heteroatoms. The van der Waals surface area contributed by atoms with Crippen LogP contribution in [0.2, 0.25) is 0 Å². The lowest BCUT2D eigenvalue weighted by molar-refractivity contribution is -0.142. The number of methoxy groups -OCH3 is 2. The van der Waals surface area contributed by atoms with Crippen LogP contribution in [0.4, 0.5) is 4.79 Å². The number of amides is 2. The molecule has 8 nitrogen and oxygen atoms in total. The Hall–Kier alpha value is -3.39. The van der Waals surface area contributed by atoms with Gasteiger partial charge in [0.2, 0.25) is 5.91 Å². The fourth-order valence-electron chi connectivity index (χ4n) is 3.91. The van der Waals surface area contributed by atoms with E-state index in [9.17, 15) is 14.4 Å². The molecule has 0 heterocycles. The molecular formula is C26H35N3O5. The van der Waals surface area contributed by atoms with Gasteiger partial charge in [0.1, 0.15) is 12.1 Å². The summed E-state index contributed by atoms with van der Waals surface area (Å²) in [5.74, 6) is -1.19. The first-order chi connectivity index (χ1) is 16.4. The predicted octanol–water partition coefficient (Wildman–Crippen LogP) is 3.11. The van der Waals surface area contributed by atoms with Gasteiger partial charge < -0.3 is 25.8 Å². The smallest absolute Gasteiger partial charge is 0.407 e. The molecule has 2 amide bonds. The summed E-state index contributed by atoms with van der Waals surface area (Å²) < 4.78 is 9.48. The van der Waals surface area contributed by atoms with Gasteiger partial charge in [-0.3, -0.25) is 9.59 Å². The molecule has 0 aliphatic carbocycles. The van der Waals surface area contributed by atoms with E-state index in [1.165, 1.54) is 14.2 Å². The number of alkyl carbamates (subject to hydrolysis) is 1. The van der Waals surface area contributed by atoms with Crippen LogP contribution in [0.1, 0.15) is 49.7 Å². The molecule has 0 aliphatic rings. The number of hydrogen-bond acceptors (Lipinski definition) is 6. The van der Waals surface area contributed by atoms with Crippen molar-refractivity contribution in [2.75, 3.05) is 14.2 Å². The molecule has 0 saturated heterocycles. The third kappa shape index (κ3) is 7.88. The normalized spacial score (nSPS) is 13.4. The third-order valence-electron chi connectivity index (χ3n) is 5.80. The highest BCUT2D eigenvalue weighted by atomic mass is 16.5. The highest BCUT2D eigenvalue weighted by Crippen LogP contribution is 2.28. The SMILES string of the molecule is CCC(CCC[C@H](N)C(=O)OC)NC(=O)[C@@H](NC(=O)OC)C(c1ccccc1)c1ccccc1. The molecular weight excluding hydrogens is 434 g/mol. The van der Waals surface area contributed by atoms with E-state index in [1.54, 1.807) is 0 Å². The van der Waals surface area contributed by atoms with E-state index in [0.29, 0.717) is 25.7 Å². The van der Waals surface area contributed by atoms with Crippen molar-refractivity contribution in [1.82, 2.24) is 10.6 Å². The molecule has 2 aromatic rings. The maximum Gasteiger partial charge on any atom is 0.407 e. The minimum absolute atomic E-state index is 0.147. The minimum Gasteiger partial charge on any atom is -0.468 e. The Balaban J connectivity index is 2.24. The summed E-state index contributed by atoms with van der Waals surface area (Å²) in [6, 6.07) is 17.4. The van der Waals surface area contributed by atoms with Crippen molar-refractivity contribution in [2.24, 2.45) is 5.73 Å². The summed E-state index contributed by atoms with van der Waals surface area (Å²) in [6.07, 6.45) is 1.74. The number of hydrogen-bond donors (Lipinski definition) is 3. The maximum absolute atomic E-state index is 13.5. The largest absolute Gasteiger partial charge is 0.468 e. The second-order valence-corrected chi connectivity index (χ2v) is 8.09. The molecule has 34 heavy (non-hydrogen) atoms. The van der Waals surface area contributed by atoms with Crippen LogP contribution in [-0.4, -0.2) is 50.3 Å². The van der Waals surface area contributed by atoms with Crippen molar-refractivity contribution < 1.29 is 23.9 Å². The minimum atomic E-state index is -0.899. The summed E-state index contributed by atoms with van der Waals surface area (Å²) in [7, 11) is 2.57. The standard InChI is InChI=1S/C26H35N3O5/c1-4-20(16-11-17-21(27)25(31)33-2)28-24(30)23(29-26(32)34-3)22(18-12-7-5-8-13-18)19-14-9-6-10-15-19/h5-10,12-15,20-23H,4,11,16-17,27H2,1-3H3,(H,28,30)(H,29,32)/t20?,21-,23-/m0/s1. The van der Waals surface area contributed by atoms with Crippen LogP contribution in [0, 0.1) is 0 Å². The van der Waals surface area contributed by atoms with E-state index in [1.807, 2.05) is 67.6 Å². The molecule has 2 rings (SSSR count). The zero-order chi connectivity index (χ0) is 24.9. The summed E-state index contributed by atoms with van der Waals surface area (Å²) in [4.78, 5) is 37.3. The number of nitrogens with two attached hydrogens (primary N) is 1. The molecule has 3 atom stereocenters. The number of ether oxygens (including phenoxy) is 2. The van der Waals surface area contributed by atoms with Gasteiger partial charge in [0.05, 0.1) is 14.2 Å². The van der Waals surface area contributed by atoms with Crippen molar-refractivity contribution >= 4 is 18.0 Å². The van der Waals surface area contributed by atoms with Crippen LogP contribution in [-0.2, 0) is 19.1 Å². The van der Waals surface area contributed by atoms with Gasteiger partial charge in [0.15, 0.2) is 0 Å². The first kappa shape index (κ1) is 26.9. The molecule has 2 aromatic carbocycles. The van der Waals surface area contributed by atoms with Crippen LogP contribution in [0.3, 0.4) is 0 Å². The lowest BCUT2D eigenvalue weighted by Crippen LogP contribution is -2.52. The van der Waals surface area contributed by atoms with E-state index in [0.717, 1.165) is 11.1 Å². The van der Waals surface area contributed by atoms with Crippen molar-refractivity contribution in [3.05, 3.63) is 71.8 Å².